The molecule has 0 aliphatic carbocycles. The molecule has 0 radical (unpaired) electrons. The highest BCUT2D eigenvalue weighted by atomic mass is 16.3. The van der Waals surface area contributed by atoms with Crippen LogP contribution in [0.25, 0.3) is 89.0 Å². The van der Waals surface area contributed by atoms with E-state index in [1.165, 1.54) is 44.5 Å². The van der Waals surface area contributed by atoms with Crippen molar-refractivity contribution in [2.75, 3.05) is 0 Å². The lowest BCUT2D eigenvalue weighted by Gasteiger charge is -2.20. The maximum Gasteiger partial charge on any atom is 0.115 e. The van der Waals surface area contributed by atoms with Crippen LogP contribution in [0.4, 0.5) is 0 Å². The van der Waals surface area contributed by atoms with E-state index in [-0.39, 0.29) is 5.75 Å². The lowest BCUT2D eigenvalue weighted by atomic mass is 9.83. The van der Waals surface area contributed by atoms with E-state index in [0.717, 1.165) is 50.1 Å². The average Bonchev–Trinajstić information content (AvgIpc) is 3.27. The van der Waals surface area contributed by atoms with Crippen LogP contribution in [0.5, 0.6) is 5.75 Å². The van der Waals surface area contributed by atoms with E-state index < -0.39 is 0 Å². The van der Waals surface area contributed by atoms with Gasteiger partial charge in [0.2, 0.25) is 0 Å². The van der Waals surface area contributed by atoms with Gasteiger partial charge in [0.25, 0.3) is 0 Å². The van der Waals surface area contributed by atoms with Crippen LogP contribution in [0.3, 0.4) is 0 Å². The maximum absolute atomic E-state index is 10.2. The summed E-state index contributed by atoms with van der Waals surface area (Å²) in [7, 11) is 0. The van der Waals surface area contributed by atoms with E-state index in [9.17, 15) is 5.11 Å². The second kappa shape index (κ2) is 15.3. The van der Waals surface area contributed by atoms with Crippen LogP contribution in [0.2, 0.25) is 0 Å². The van der Waals surface area contributed by atoms with Crippen LogP contribution in [0.15, 0.2) is 218 Å². The van der Waals surface area contributed by atoms with Gasteiger partial charge in [-0.1, -0.05) is 188 Å². The highest BCUT2D eigenvalue weighted by molar-refractivity contribution is 5.99. The number of aryl methyl sites for hydroxylation is 1. The fraction of sp³-hybridized carbons (Fsp3) is 0.0182. The summed E-state index contributed by atoms with van der Waals surface area (Å²) in [6.45, 7) is 2.14. The van der Waals surface area contributed by atoms with Crippen molar-refractivity contribution in [3.8, 4) is 94.8 Å². The molecule has 0 bridgehead atoms. The molecule has 0 saturated heterocycles. The van der Waals surface area contributed by atoms with Crippen molar-refractivity contribution >= 4 is 0 Å². The number of rotatable bonds is 8. The summed E-state index contributed by atoms with van der Waals surface area (Å²) in [6.07, 6.45) is 0. The van der Waals surface area contributed by atoms with E-state index in [2.05, 4.69) is 201 Å². The van der Waals surface area contributed by atoms with E-state index in [1.807, 2.05) is 12.1 Å². The van der Waals surface area contributed by atoms with Gasteiger partial charge in [0.15, 0.2) is 0 Å². The van der Waals surface area contributed by atoms with Crippen molar-refractivity contribution in [3.63, 3.8) is 0 Å². The number of aromatic hydroxyl groups is 1. The Labute approximate surface area is 329 Å². The third-order valence-corrected chi connectivity index (χ3v) is 10.7. The Balaban J connectivity index is 1.22. The monoisotopic (exact) mass is 716 g/mol. The molecule has 9 aromatic rings. The van der Waals surface area contributed by atoms with Gasteiger partial charge in [-0.3, -0.25) is 0 Å². The third-order valence-electron chi connectivity index (χ3n) is 10.7. The first-order valence-electron chi connectivity index (χ1n) is 19.1. The summed E-state index contributed by atoms with van der Waals surface area (Å²) in [6, 6.07) is 77.6. The summed E-state index contributed by atoms with van der Waals surface area (Å²) in [4.78, 5) is 0. The predicted molar refractivity (Wildman–Crippen MR) is 236 cm³/mol. The summed E-state index contributed by atoms with van der Waals surface area (Å²) in [5.41, 5.74) is 19.8. The highest BCUT2D eigenvalue weighted by Crippen LogP contribution is 2.46. The van der Waals surface area contributed by atoms with Crippen molar-refractivity contribution in [2.24, 2.45) is 0 Å². The fourth-order valence-corrected chi connectivity index (χ4v) is 7.82. The smallest absolute Gasteiger partial charge is 0.115 e. The van der Waals surface area contributed by atoms with Crippen LogP contribution in [-0.4, -0.2) is 5.11 Å². The number of phenols is 1. The van der Waals surface area contributed by atoms with Crippen LogP contribution >= 0.6 is 0 Å². The van der Waals surface area contributed by atoms with Gasteiger partial charge in [0.05, 0.1) is 0 Å². The molecule has 0 unspecified atom stereocenters. The van der Waals surface area contributed by atoms with Crippen molar-refractivity contribution in [3.05, 3.63) is 224 Å². The van der Waals surface area contributed by atoms with E-state index >= 15 is 0 Å². The van der Waals surface area contributed by atoms with Crippen LogP contribution in [0.1, 0.15) is 5.56 Å². The molecule has 1 heteroatoms. The van der Waals surface area contributed by atoms with Crippen molar-refractivity contribution < 1.29 is 5.11 Å². The van der Waals surface area contributed by atoms with E-state index in [1.54, 1.807) is 12.1 Å². The Morgan fingerprint density at radius 1 is 0.250 bits per heavy atom. The van der Waals surface area contributed by atoms with Gasteiger partial charge in [-0.2, -0.15) is 0 Å². The molecule has 0 saturated carbocycles. The Morgan fingerprint density at radius 2 is 0.518 bits per heavy atom. The van der Waals surface area contributed by atoms with Gasteiger partial charge in [-0.05, 0) is 132 Å². The molecule has 0 spiro atoms. The zero-order valence-corrected chi connectivity index (χ0v) is 31.2. The lowest BCUT2D eigenvalue weighted by molar-refractivity contribution is 0.475. The summed E-state index contributed by atoms with van der Waals surface area (Å²) >= 11 is 0. The molecule has 266 valence electrons. The minimum absolute atomic E-state index is 0.254. The minimum Gasteiger partial charge on any atom is -0.508 e. The molecule has 1 N–H and O–H groups in total. The SMILES string of the molecule is Cc1ccc(-c2c(-c3ccccc3)cc(-c3ccc(-c4cc(-c5ccccc5)c(-c5ccc(O)cc5)c(-c5ccccc5)c4)cc3)cc2-c2ccccc2)cc1. The van der Waals surface area contributed by atoms with E-state index in [0.29, 0.717) is 0 Å². The van der Waals surface area contributed by atoms with Gasteiger partial charge in [-0.25, -0.2) is 0 Å². The normalized spacial score (nSPS) is 11.0. The van der Waals surface area contributed by atoms with Crippen molar-refractivity contribution in [1.29, 1.82) is 0 Å². The Bertz CT molecular complexity index is 2420. The number of phenolic OH excluding ortho intramolecular Hbond substituents is 1. The second-order valence-corrected chi connectivity index (χ2v) is 14.3. The third kappa shape index (κ3) is 6.95. The minimum atomic E-state index is 0.254. The lowest BCUT2D eigenvalue weighted by Crippen LogP contribution is -1.94. The summed E-state index contributed by atoms with van der Waals surface area (Å²) < 4.78 is 0. The molecular weight excluding hydrogens is 677 g/mol. The molecular formula is C55H40O. The zero-order valence-electron chi connectivity index (χ0n) is 31.2. The largest absolute Gasteiger partial charge is 0.508 e. The van der Waals surface area contributed by atoms with Gasteiger partial charge >= 0.3 is 0 Å². The van der Waals surface area contributed by atoms with Gasteiger partial charge in [-0.15, -0.1) is 0 Å². The Hall–Kier alpha value is -7.22. The molecule has 9 rings (SSSR count). The molecule has 0 aliphatic heterocycles. The van der Waals surface area contributed by atoms with E-state index in [4.69, 9.17) is 0 Å². The van der Waals surface area contributed by atoms with Crippen molar-refractivity contribution in [2.45, 2.75) is 6.92 Å². The zero-order chi connectivity index (χ0) is 37.8. The highest BCUT2D eigenvalue weighted by Gasteiger charge is 2.19. The van der Waals surface area contributed by atoms with Crippen LogP contribution in [-0.2, 0) is 0 Å². The predicted octanol–water partition coefficient (Wildman–Crippen LogP) is 15.0. The topological polar surface area (TPSA) is 20.2 Å². The molecule has 0 heterocycles. The van der Waals surface area contributed by atoms with Crippen LogP contribution in [0, 0.1) is 6.92 Å². The number of benzene rings is 9. The standard InChI is InChI=1S/C55H40O/c1-38-22-24-45(25-23-38)54-50(41-14-6-2-7-15-41)34-47(35-51(54)42-16-8-3-9-17-42)39-26-28-40(29-27-39)48-36-52(43-18-10-4-11-19-43)55(46-30-32-49(56)33-31-46)53(37-48)44-20-12-5-13-21-44/h2-37,56H,1H3. The first-order valence-corrected chi connectivity index (χ1v) is 19.1. The molecule has 0 amide bonds. The van der Waals surface area contributed by atoms with Gasteiger partial charge < -0.3 is 5.11 Å². The van der Waals surface area contributed by atoms with Crippen LogP contribution < -0.4 is 0 Å². The first-order chi connectivity index (χ1) is 27.6. The first kappa shape index (κ1) is 34.5. The summed E-state index contributed by atoms with van der Waals surface area (Å²) in [5.74, 6) is 0.254. The molecule has 0 aliphatic rings. The average molecular weight is 717 g/mol. The van der Waals surface area contributed by atoms with Gasteiger partial charge in [0, 0.05) is 0 Å². The molecule has 0 atom stereocenters. The fourth-order valence-electron chi connectivity index (χ4n) is 7.82. The molecule has 0 fully saturated rings. The van der Waals surface area contributed by atoms with Crippen molar-refractivity contribution in [1.82, 2.24) is 0 Å². The number of hydrogen-bond acceptors (Lipinski definition) is 1. The Morgan fingerprint density at radius 3 is 0.821 bits per heavy atom. The summed E-state index contributed by atoms with van der Waals surface area (Å²) in [5, 5.41) is 10.2. The van der Waals surface area contributed by atoms with Gasteiger partial charge in [0.1, 0.15) is 5.75 Å². The Kier molecular flexibility index (Phi) is 9.41. The molecule has 56 heavy (non-hydrogen) atoms. The second-order valence-electron chi connectivity index (χ2n) is 14.3. The molecule has 0 aromatic heterocycles. The number of hydrogen-bond donors (Lipinski definition) is 1. The maximum atomic E-state index is 10.2. The quantitative estimate of drug-likeness (QED) is 0.166. The molecule has 1 nitrogen and oxygen atoms in total. The molecule has 9 aromatic carbocycles.